The number of hydrogen-bond acceptors (Lipinski definition) is 4. The van der Waals surface area contributed by atoms with Gasteiger partial charge in [-0.3, -0.25) is 9.78 Å². The van der Waals surface area contributed by atoms with Crippen molar-refractivity contribution in [3.63, 3.8) is 0 Å². The van der Waals surface area contributed by atoms with Gasteiger partial charge in [-0.2, -0.15) is 0 Å². The van der Waals surface area contributed by atoms with Gasteiger partial charge in [-0.05, 0) is 17.7 Å². The van der Waals surface area contributed by atoms with E-state index in [0.717, 1.165) is 5.56 Å². The van der Waals surface area contributed by atoms with E-state index >= 15 is 0 Å². The van der Waals surface area contributed by atoms with Gasteiger partial charge >= 0.3 is 5.97 Å². The van der Waals surface area contributed by atoms with Crippen molar-refractivity contribution < 1.29 is 9.53 Å². The van der Waals surface area contributed by atoms with Gasteiger partial charge in [0.05, 0.1) is 13.5 Å². The standard InChI is InChI=1S/C9H12N2O2.ClH/c1-13-9(12)6-8(10)7-2-4-11-5-3-7;/h2-5,8H,6,10H2,1H3;1H. The van der Waals surface area contributed by atoms with Crippen LogP contribution < -0.4 is 5.73 Å². The Kier molecular flexibility index (Phi) is 5.83. The second kappa shape index (κ2) is 6.34. The van der Waals surface area contributed by atoms with Crippen molar-refractivity contribution >= 4 is 18.4 Å². The molecule has 0 spiro atoms. The molecule has 0 aliphatic heterocycles. The Labute approximate surface area is 88.9 Å². The van der Waals surface area contributed by atoms with Crippen LogP contribution in [0.15, 0.2) is 24.5 Å². The summed E-state index contributed by atoms with van der Waals surface area (Å²) in [5, 5.41) is 0. The number of hydrogen-bond donors (Lipinski definition) is 1. The van der Waals surface area contributed by atoms with Crippen LogP contribution in [0.3, 0.4) is 0 Å². The van der Waals surface area contributed by atoms with Crippen molar-refractivity contribution in [1.82, 2.24) is 4.98 Å². The molecule has 1 atom stereocenters. The number of nitrogens with two attached hydrogens (primary N) is 1. The molecule has 78 valence electrons. The highest BCUT2D eigenvalue weighted by Crippen LogP contribution is 2.12. The lowest BCUT2D eigenvalue weighted by Gasteiger charge is -2.09. The number of halogens is 1. The van der Waals surface area contributed by atoms with Gasteiger partial charge in [0.2, 0.25) is 0 Å². The van der Waals surface area contributed by atoms with E-state index in [1.165, 1.54) is 7.11 Å². The third-order valence-corrected chi connectivity index (χ3v) is 1.75. The van der Waals surface area contributed by atoms with E-state index in [4.69, 9.17) is 5.73 Å². The number of ether oxygens (including phenoxy) is 1. The first-order valence-electron chi connectivity index (χ1n) is 3.96. The van der Waals surface area contributed by atoms with Gasteiger partial charge in [0, 0.05) is 18.4 Å². The number of pyridine rings is 1. The quantitative estimate of drug-likeness (QED) is 0.768. The third kappa shape index (κ3) is 3.72. The molecule has 0 bridgehead atoms. The van der Waals surface area contributed by atoms with Crippen LogP contribution in [-0.4, -0.2) is 18.1 Å². The fourth-order valence-corrected chi connectivity index (χ4v) is 0.991. The molecule has 14 heavy (non-hydrogen) atoms. The summed E-state index contributed by atoms with van der Waals surface area (Å²) in [6.45, 7) is 0. The number of esters is 1. The first-order chi connectivity index (χ1) is 6.24. The van der Waals surface area contributed by atoms with Gasteiger partial charge in [0.15, 0.2) is 0 Å². The molecule has 1 heterocycles. The molecule has 0 aliphatic rings. The van der Waals surface area contributed by atoms with E-state index in [-0.39, 0.29) is 30.8 Å². The van der Waals surface area contributed by atoms with Crippen LogP contribution in [0.4, 0.5) is 0 Å². The molecule has 0 amide bonds. The van der Waals surface area contributed by atoms with Crippen LogP contribution in [-0.2, 0) is 9.53 Å². The maximum atomic E-state index is 10.9. The third-order valence-electron chi connectivity index (χ3n) is 1.75. The van der Waals surface area contributed by atoms with Crippen molar-refractivity contribution in [1.29, 1.82) is 0 Å². The monoisotopic (exact) mass is 216 g/mol. The summed E-state index contributed by atoms with van der Waals surface area (Å²) < 4.78 is 4.51. The molecule has 0 saturated carbocycles. The highest BCUT2D eigenvalue weighted by molar-refractivity contribution is 5.85. The van der Waals surface area contributed by atoms with Gasteiger partial charge in [0.25, 0.3) is 0 Å². The minimum absolute atomic E-state index is 0. The molecule has 1 unspecified atom stereocenters. The number of rotatable bonds is 3. The normalized spacial score (nSPS) is 11.3. The van der Waals surface area contributed by atoms with Crippen molar-refractivity contribution in [3.8, 4) is 0 Å². The van der Waals surface area contributed by atoms with Crippen molar-refractivity contribution in [2.75, 3.05) is 7.11 Å². The minimum atomic E-state index is -0.310. The fraction of sp³-hybridized carbons (Fsp3) is 0.333. The summed E-state index contributed by atoms with van der Waals surface area (Å²) >= 11 is 0. The van der Waals surface area contributed by atoms with Crippen LogP contribution in [0, 0.1) is 0 Å². The molecule has 4 nitrogen and oxygen atoms in total. The van der Waals surface area contributed by atoms with Gasteiger partial charge in [-0.1, -0.05) is 0 Å². The van der Waals surface area contributed by atoms with E-state index in [2.05, 4.69) is 9.72 Å². The highest BCUT2D eigenvalue weighted by Gasteiger charge is 2.10. The summed E-state index contributed by atoms with van der Waals surface area (Å²) in [4.78, 5) is 14.7. The smallest absolute Gasteiger partial charge is 0.307 e. The summed E-state index contributed by atoms with van der Waals surface area (Å²) in [6.07, 6.45) is 3.49. The number of nitrogens with zero attached hydrogens (tertiary/aromatic N) is 1. The lowest BCUT2D eigenvalue weighted by Crippen LogP contribution is -2.16. The molecule has 1 rings (SSSR count). The second-order valence-corrected chi connectivity index (χ2v) is 2.67. The summed E-state index contributed by atoms with van der Waals surface area (Å²) in [6, 6.07) is 3.26. The molecular formula is C9H13ClN2O2. The Morgan fingerprint density at radius 1 is 1.57 bits per heavy atom. The SMILES string of the molecule is COC(=O)CC(N)c1ccncc1.Cl. The number of carbonyl (C=O) groups excluding carboxylic acids is 1. The summed E-state index contributed by atoms with van der Waals surface area (Å²) in [7, 11) is 1.35. The fourth-order valence-electron chi connectivity index (χ4n) is 0.991. The Hall–Kier alpha value is -1.13. The summed E-state index contributed by atoms with van der Waals surface area (Å²) in [5.41, 5.74) is 6.63. The lowest BCUT2D eigenvalue weighted by molar-refractivity contribution is -0.141. The van der Waals surface area contributed by atoms with Crippen molar-refractivity contribution in [2.45, 2.75) is 12.5 Å². The van der Waals surface area contributed by atoms with Crippen LogP contribution in [0.5, 0.6) is 0 Å². The van der Waals surface area contributed by atoms with E-state index in [1.807, 2.05) is 0 Å². The number of aromatic nitrogens is 1. The van der Waals surface area contributed by atoms with Crippen LogP contribution in [0.2, 0.25) is 0 Å². The Morgan fingerprint density at radius 3 is 2.64 bits per heavy atom. The van der Waals surface area contributed by atoms with Gasteiger partial charge in [-0.15, -0.1) is 12.4 Å². The van der Waals surface area contributed by atoms with E-state index in [1.54, 1.807) is 24.5 Å². The second-order valence-electron chi connectivity index (χ2n) is 2.67. The minimum Gasteiger partial charge on any atom is -0.469 e. The number of methoxy groups -OCH3 is 1. The predicted octanol–water partition coefficient (Wildman–Crippen LogP) is 1.07. The molecule has 1 aromatic heterocycles. The van der Waals surface area contributed by atoms with Gasteiger partial charge in [-0.25, -0.2) is 0 Å². The van der Waals surface area contributed by atoms with Crippen LogP contribution in [0.1, 0.15) is 18.0 Å². The molecule has 0 aromatic carbocycles. The zero-order valence-electron chi connectivity index (χ0n) is 7.84. The molecule has 0 fully saturated rings. The van der Waals surface area contributed by atoms with Crippen LogP contribution in [0.25, 0.3) is 0 Å². The summed E-state index contributed by atoms with van der Waals surface area (Å²) in [5.74, 6) is -0.302. The van der Waals surface area contributed by atoms with Crippen LogP contribution >= 0.6 is 12.4 Å². The molecule has 5 heteroatoms. The average molecular weight is 217 g/mol. The molecular weight excluding hydrogens is 204 g/mol. The number of carbonyl (C=O) groups is 1. The molecule has 2 N–H and O–H groups in total. The van der Waals surface area contributed by atoms with E-state index in [0.29, 0.717) is 0 Å². The Morgan fingerprint density at radius 2 is 2.14 bits per heavy atom. The molecule has 0 aliphatic carbocycles. The van der Waals surface area contributed by atoms with Crippen molar-refractivity contribution in [3.05, 3.63) is 30.1 Å². The van der Waals surface area contributed by atoms with E-state index in [9.17, 15) is 4.79 Å². The first kappa shape index (κ1) is 12.9. The highest BCUT2D eigenvalue weighted by atomic mass is 35.5. The maximum Gasteiger partial charge on any atom is 0.307 e. The van der Waals surface area contributed by atoms with Gasteiger partial charge in [0.1, 0.15) is 0 Å². The Balaban J connectivity index is 0.00000169. The maximum absolute atomic E-state index is 10.9. The van der Waals surface area contributed by atoms with Crippen molar-refractivity contribution in [2.24, 2.45) is 5.73 Å². The largest absolute Gasteiger partial charge is 0.469 e. The predicted molar refractivity (Wildman–Crippen MR) is 55.0 cm³/mol. The molecule has 0 radical (unpaired) electrons. The van der Waals surface area contributed by atoms with Gasteiger partial charge < -0.3 is 10.5 Å². The lowest BCUT2D eigenvalue weighted by atomic mass is 10.1. The zero-order valence-corrected chi connectivity index (χ0v) is 8.66. The first-order valence-corrected chi connectivity index (χ1v) is 3.96. The van der Waals surface area contributed by atoms with E-state index < -0.39 is 0 Å². The average Bonchev–Trinajstić information content (AvgIpc) is 2.19. The molecule has 1 aromatic rings. The zero-order chi connectivity index (χ0) is 9.68. The topological polar surface area (TPSA) is 65.2 Å². The Bertz CT molecular complexity index is 279. The molecule has 0 saturated heterocycles.